The summed E-state index contributed by atoms with van der Waals surface area (Å²) in [5.74, 6) is 0.452. The predicted molar refractivity (Wildman–Crippen MR) is 86.4 cm³/mol. The van der Waals surface area contributed by atoms with Crippen molar-refractivity contribution in [3.63, 3.8) is 0 Å². The highest BCUT2D eigenvalue weighted by molar-refractivity contribution is 5.19. The Morgan fingerprint density at radius 2 is 1.65 bits per heavy atom. The van der Waals surface area contributed by atoms with E-state index in [1.807, 2.05) is 13.0 Å². The first-order valence-corrected chi connectivity index (χ1v) is 7.41. The van der Waals surface area contributed by atoms with E-state index >= 15 is 0 Å². The molecule has 0 heterocycles. The fourth-order valence-electron chi connectivity index (χ4n) is 2.30. The second-order valence-corrected chi connectivity index (χ2v) is 6.64. The van der Waals surface area contributed by atoms with Crippen molar-refractivity contribution in [1.82, 2.24) is 5.06 Å². The Labute approximate surface area is 124 Å². The van der Waals surface area contributed by atoms with Crippen LogP contribution < -0.4 is 0 Å². The topological polar surface area (TPSA) is 12.5 Å². The van der Waals surface area contributed by atoms with Crippen molar-refractivity contribution in [2.75, 3.05) is 0 Å². The minimum atomic E-state index is -0.0813. The molecule has 0 aromatic heterocycles. The summed E-state index contributed by atoms with van der Waals surface area (Å²) in [5, 5.41) is 2.12. The Bertz CT molecular complexity index is 405. The van der Waals surface area contributed by atoms with Gasteiger partial charge < -0.3 is 0 Å². The van der Waals surface area contributed by atoms with Crippen LogP contribution in [0, 0.1) is 5.92 Å². The monoisotopic (exact) mass is 275 g/mol. The van der Waals surface area contributed by atoms with Crippen LogP contribution in [0.1, 0.15) is 53.1 Å². The maximum Gasteiger partial charge on any atom is 0.0943 e. The van der Waals surface area contributed by atoms with Crippen LogP contribution in [0.3, 0.4) is 0 Å². The highest BCUT2D eigenvalue weighted by Gasteiger charge is 2.34. The van der Waals surface area contributed by atoms with E-state index in [2.05, 4.69) is 76.6 Å². The number of hydrogen-bond acceptors (Lipinski definition) is 2. The van der Waals surface area contributed by atoms with Gasteiger partial charge in [0, 0.05) is 5.54 Å². The third-order valence-electron chi connectivity index (χ3n) is 3.30. The van der Waals surface area contributed by atoms with Crippen molar-refractivity contribution in [2.45, 2.75) is 59.2 Å². The SMILES string of the molecule is C=CC(C)ON(C(c1ccccc1)C(C)C)C(C)(C)C. The summed E-state index contributed by atoms with van der Waals surface area (Å²) in [4.78, 5) is 6.16. The van der Waals surface area contributed by atoms with Crippen molar-refractivity contribution >= 4 is 0 Å². The molecule has 1 rings (SSSR count). The van der Waals surface area contributed by atoms with Crippen LogP contribution in [-0.2, 0) is 4.84 Å². The zero-order valence-corrected chi connectivity index (χ0v) is 13.8. The summed E-state index contributed by atoms with van der Waals surface area (Å²) in [7, 11) is 0. The van der Waals surface area contributed by atoms with Crippen molar-refractivity contribution in [3.8, 4) is 0 Å². The van der Waals surface area contributed by atoms with Gasteiger partial charge >= 0.3 is 0 Å². The third kappa shape index (κ3) is 4.46. The van der Waals surface area contributed by atoms with E-state index in [-0.39, 0.29) is 17.7 Å². The minimum absolute atomic E-state index is 0.000753. The average molecular weight is 275 g/mol. The lowest BCUT2D eigenvalue weighted by atomic mass is 9.92. The molecule has 20 heavy (non-hydrogen) atoms. The van der Waals surface area contributed by atoms with Crippen LogP contribution in [0.15, 0.2) is 43.0 Å². The van der Waals surface area contributed by atoms with Gasteiger partial charge in [-0.05, 0) is 39.2 Å². The lowest BCUT2D eigenvalue weighted by Gasteiger charge is -2.43. The van der Waals surface area contributed by atoms with Gasteiger partial charge in [0.25, 0.3) is 0 Å². The normalized spacial score (nSPS) is 15.4. The Hall–Kier alpha value is -1.12. The summed E-state index contributed by atoms with van der Waals surface area (Å²) in [6.07, 6.45) is 1.83. The molecule has 2 nitrogen and oxygen atoms in total. The van der Waals surface area contributed by atoms with Gasteiger partial charge in [-0.3, -0.25) is 4.84 Å². The molecule has 0 spiro atoms. The maximum absolute atomic E-state index is 6.16. The molecule has 0 fully saturated rings. The quantitative estimate of drug-likeness (QED) is 0.535. The molecule has 0 radical (unpaired) electrons. The Kier molecular flexibility index (Phi) is 5.97. The molecule has 2 unspecified atom stereocenters. The van der Waals surface area contributed by atoms with E-state index in [1.165, 1.54) is 5.56 Å². The molecule has 0 bridgehead atoms. The summed E-state index contributed by atoms with van der Waals surface area (Å²) in [6, 6.07) is 10.8. The van der Waals surface area contributed by atoms with Gasteiger partial charge in [-0.15, -0.1) is 6.58 Å². The van der Waals surface area contributed by atoms with Crippen LogP contribution >= 0.6 is 0 Å². The fraction of sp³-hybridized carbons (Fsp3) is 0.556. The molecule has 112 valence electrons. The van der Waals surface area contributed by atoms with Gasteiger partial charge in [0.2, 0.25) is 0 Å². The number of rotatable bonds is 6. The molecule has 1 aromatic carbocycles. The van der Waals surface area contributed by atoms with Gasteiger partial charge in [0.1, 0.15) is 0 Å². The predicted octanol–water partition coefficient (Wildman–Crippen LogP) is 4.99. The number of hydrogen-bond donors (Lipinski definition) is 0. The third-order valence-corrected chi connectivity index (χ3v) is 3.30. The number of nitrogens with zero attached hydrogens (tertiary/aromatic N) is 1. The van der Waals surface area contributed by atoms with E-state index in [4.69, 9.17) is 4.84 Å². The largest absolute Gasteiger partial charge is 0.291 e. The zero-order chi connectivity index (χ0) is 15.3. The van der Waals surface area contributed by atoms with Crippen LogP contribution in [0.5, 0.6) is 0 Å². The van der Waals surface area contributed by atoms with Gasteiger partial charge in [-0.25, -0.2) is 0 Å². The zero-order valence-electron chi connectivity index (χ0n) is 13.8. The van der Waals surface area contributed by atoms with E-state index in [0.29, 0.717) is 5.92 Å². The van der Waals surface area contributed by atoms with Crippen molar-refractivity contribution in [2.24, 2.45) is 5.92 Å². The maximum atomic E-state index is 6.16. The first-order valence-electron chi connectivity index (χ1n) is 7.41. The van der Waals surface area contributed by atoms with E-state index < -0.39 is 0 Å². The molecule has 0 N–H and O–H groups in total. The van der Waals surface area contributed by atoms with Gasteiger partial charge in [-0.1, -0.05) is 50.3 Å². The van der Waals surface area contributed by atoms with Crippen molar-refractivity contribution < 1.29 is 4.84 Å². The number of hydroxylamine groups is 2. The van der Waals surface area contributed by atoms with Crippen molar-refractivity contribution in [1.29, 1.82) is 0 Å². The molecular weight excluding hydrogens is 246 g/mol. The highest BCUT2D eigenvalue weighted by atomic mass is 16.7. The summed E-state index contributed by atoms with van der Waals surface area (Å²) in [5.41, 5.74) is 1.20. The lowest BCUT2D eigenvalue weighted by molar-refractivity contribution is -0.260. The Morgan fingerprint density at radius 1 is 1.10 bits per heavy atom. The molecule has 0 amide bonds. The van der Waals surface area contributed by atoms with Crippen LogP contribution in [0.2, 0.25) is 0 Å². The Morgan fingerprint density at radius 3 is 2.05 bits per heavy atom. The Balaban J connectivity index is 3.15. The molecule has 0 aliphatic carbocycles. The number of benzene rings is 1. The summed E-state index contributed by atoms with van der Waals surface area (Å²) in [6.45, 7) is 16.9. The van der Waals surface area contributed by atoms with Gasteiger partial charge in [0.15, 0.2) is 0 Å². The smallest absolute Gasteiger partial charge is 0.0943 e. The van der Waals surface area contributed by atoms with Crippen LogP contribution in [0.25, 0.3) is 0 Å². The second kappa shape index (κ2) is 7.05. The molecule has 0 aliphatic heterocycles. The van der Waals surface area contributed by atoms with Gasteiger partial charge in [0.05, 0.1) is 12.1 Å². The highest BCUT2D eigenvalue weighted by Crippen LogP contribution is 2.34. The molecule has 1 aromatic rings. The molecule has 0 saturated carbocycles. The van der Waals surface area contributed by atoms with Crippen LogP contribution in [0.4, 0.5) is 0 Å². The second-order valence-electron chi connectivity index (χ2n) is 6.64. The van der Waals surface area contributed by atoms with E-state index in [1.54, 1.807) is 0 Å². The van der Waals surface area contributed by atoms with E-state index in [9.17, 15) is 0 Å². The molecule has 2 atom stereocenters. The van der Waals surface area contributed by atoms with Crippen LogP contribution in [-0.4, -0.2) is 16.7 Å². The summed E-state index contributed by atoms with van der Waals surface area (Å²) < 4.78 is 0. The molecular formula is C18H29NO. The standard InChI is InChI=1S/C18H29NO/c1-8-15(4)20-19(18(5,6)7)17(14(2)3)16-12-10-9-11-13-16/h8-15,17H,1H2,2-7H3. The molecule has 0 saturated heterocycles. The minimum Gasteiger partial charge on any atom is -0.291 e. The van der Waals surface area contributed by atoms with Crippen molar-refractivity contribution in [3.05, 3.63) is 48.6 Å². The van der Waals surface area contributed by atoms with Gasteiger partial charge in [-0.2, -0.15) is 5.06 Å². The molecule has 2 heteroatoms. The first kappa shape index (κ1) is 16.9. The summed E-state index contributed by atoms with van der Waals surface area (Å²) >= 11 is 0. The van der Waals surface area contributed by atoms with E-state index in [0.717, 1.165) is 0 Å². The first-order chi connectivity index (χ1) is 9.27. The lowest BCUT2D eigenvalue weighted by Crippen LogP contribution is -2.46. The fourth-order valence-corrected chi connectivity index (χ4v) is 2.30. The average Bonchev–Trinajstić information content (AvgIpc) is 2.37. The molecule has 0 aliphatic rings.